The molecule has 5 heteroatoms. The molecule has 0 aliphatic heterocycles. The molecular weight excluding hydrogens is 242 g/mol. The zero-order valence-electron chi connectivity index (χ0n) is 10.6. The fraction of sp³-hybridized carbons (Fsp3) is 0.143. The maximum Gasteiger partial charge on any atom is 0.335 e. The lowest BCUT2D eigenvalue weighted by molar-refractivity contribution is 0.0697. The highest BCUT2D eigenvalue weighted by atomic mass is 16.4. The van der Waals surface area contributed by atoms with Crippen LogP contribution >= 0.6 is 0 Å². The van der Waals surface area contributed by atoms with E-state index in [1.54, 1.807) is 18.2 Å². The zero-order chi connectivity index (χ0) is 13.8. The van der Waals surface area contributed by atoms with E-state index in [4.69, 9.17) is 5.11 Å². The van der Waals surface area contributed by atoms with E-state index < -0.39 is 5.97 Å². The maximum atomic E-state index is 10.9. The lowest BCUT2D eigenvalue weighted by atomic mass is 10.2. The van der Waals surface area contributed by atoms with Gasteiger partial charge in [0, 0.05) is 5.70 Å². The van der Waals surface area contributed by atoms with Gasteiger partial charge in [-0.2, -0.15) is 0 Å². The molecule has 0 spiro atoms. The lowest BCUT2D eigenvalue weighted by Gasteiger charge is -2.02. The van der Waals surface area contributed by atoms with Crippen molar-refractivity contribution >= 4 is 17.0 Å². The number of aromatic amines is 1. The summed E-state index contributed by atoms with van der Waals surface area (Å²) in [5, 5.41) is 12.0. The third-order valence-electron chi connectivity index (χ3n) is 2.63. The Morgan fingerprint density at radius 1 is 1.58 bits per heavy atom. The first kappa shape index (κ1) is 12.9. The molecule has 19 heavy (non-hydrogen) atoms. The monoisotopic (exact) mass is 257 g/mol. The number of carboxylic acids is 1. The first-order valence-corrected chi connectivity index (χ1v) is 5.87. The van der Waals surface area contributed by atoms with Crippen molar-refractivity contribution in [2.45, 2.75) is 13.5 Å². The van der Waals surface area contributed by atoms with Crippen LogP contribution in [0.25, 0.3) is 11.0 Å². The quantitative estimate of drug-likeness (QED) is 0.719. The normalized spacial score (nSPS) is 11.0. The van der Waals surface area contributed by atoms with Gasteiger partial charge in [0.1, 0.15) is 5.82 Å². The fourth-order valence-electron chi connectivity index (χ4n) is 1.73. The van der Waals surface area contributed by atoms with Crippen molar-refractivity contribution in [2.75, 3.05) is 0 Å². The molecule has 0 radical (unpaired) electrons. The van der Waals surface area contributed by atoms with Crippen LogP contribution in [0.1, 0.15) is 23.1 Å². The third-order valence-corrected chi connectivity index (χ3v) is 2.63. The molecule has 3 N–H and O–H groups in total. The molecule has 2 rings (SSSR count). The second kappa shape index (κ2) is 5.39. The van der Waals surface area contributed by atoms with Crippen molar-refractivity contribution in [3.8, 4) is 0 Å². The molecule has 1 aromatic heterocycles. The molecule has 0 aliphatic rings. The summed E-state index contributed by atoms with van der Waals surface area (Å²) in [6.45, 7) is 6.27. The minimum Gasteiger partial charge on any atom is -0.478 e. The van der Waals surface area contributed by atoms with E-state index in [0.717, 1.165) is 17.0 Å². The number of carboxylic acid groups (broad SMARTS) is 1. The van der Waals surface area contributed by atoms with Gasteiger partial charge >= 0.3 is 5.97 Å². The molecule has 0 aliphatic carbocycles. The number of aromatic nitrogens is 2. The number of fused-ring (bicyclic) bond motifs is 1. The predicted molar refractivity (Wildman–Crippen MR) is 73.8 cm³/mol. The van der Waals surface area contributed by atoms with Gasteiger partial charge in [0.25, 0.3) is 0 Å². The predicted octanol–water partition coefficient (Wildman–Crippen LogP) is 2.44. The molecule has 0 amide bonds. The van der Waals surface area contributed by atoms with Crippen LogP contribution in [0.15, 0.2) is 42.6 Å². The standard InChI is InChI=1S/C14H15N3O2/c1-3-4-9(2)15-8-13-16-11-6-5-10(14(18)19)7-12(11)17-13/h3-7,15H,2,8H2,1H3,(H,16,17)(H,18,19)/b4-3-. The van der Waals surface area contributed by atoms with Crippen molar-refractivity contribution in [1.82, 2.24) is 15.3 Å². The minimum atomic E-state index is -0.953. The Hall–Kier alpha value is -2.56. The van der Waals surface area contributed by atoms with Crippen LogP contribution in [0.5, 0.6) is 0 Å². The summed E-state index contributed by atoms with van der Waals surface area (Å²) < 4.78 is 0. The van der Waals surface area contributed by atoms with Gasteiger partial charge in [-0.25, -0.2) is 9.78 Å². The van der Waals surface area contributed by atoms with E-state index in [1.807, 2.05) is 19.1 Å². The van der Waals surface area contributed by atoms with E-state index in [2.05, 4.69) is 21.9 Å². The van der Waals surface area contributed by atoms with Gasteiger partial charge in [-0.15, -0.1) is 0 Å². The number of aromatic carboxylic acids is 1. The van der Waals surface area contributed by atoms with Gasteiger partial charge in [-0.1, -0.05) is 12.7 Å². The van der Waals surface area contributed by atoms with Crippen molar-refractivity contribution in [1.29, 1.82) is 0 Å². The smallest absolute Gasteiger partial charge is 0.335 e. The summed E-state index contributed by atoms with van der Waals surface area (Å²) in [5.74, 6) is -0.214. The molecule has 1 heterocycles. The largest absolute Gasteiger partial charge is 0.478 e. The summed E-state index contributed by atoms with van der Waals surface area (Å²) in [6.07, 6.45) is 3.76. The first-order chi connectivity index (χ1) is 9.10. The van der Waals surface area contributed by atoms with E-state index in [9.17, 15) is 4.79 Å². The van der Waals surface area contributed by atoms with Gasteiger partial charge < -0.3 is 15.4 Å². The fourth-order valence-corrected chi connectivity index (χ4v) is 1.73. The molecular formula is C14H15N3O2. The van der Waals surface area contributed by atoms with E-state index in [1.165, 1.54) is 0 Å². The first-order valence-electron chi connectivity index (χ1n) is 5.87. The van der Waals surface area contributed by atoms with Gasteiger partial charge in [-0.05, 0) is 31.2 Å². The molecule has 0 saturated carbocycles. The number of rotatable bonds is 5. The highest BCUT2D eigenvalue weighted by Gasteiger charge is 2.07. The van der Waals surface area contributed by atoms with E-state index in [0.29, 0.717) is 12.1 Å². The summed E-state index contributed by atoms with van der Waals surface area (Å²) >= 11 is 0. The van der Waals surface area contributed by atoms with E-state index >= 15 is 0 Å². The number of imidazole rings is 1. The summed E-state index contributed by atoms with van der Waals surface area (Å²) in [5.41, 5.74) is 2.50. The van der Waals surface area contributed by atoms with Gasteiger partial charge in [0.2, 0.25) is 0 Å². The van der Waals surface area contributed by atoms with Crippen LogP contribution in [-0.4, -0.2) is 21.0 Å². The molecule has 1 aromatic carbocycles. The SMILES string of the molecule is C=C(/C=C\C)NCc1nc2cc(C(=O)O)ccc2[nH]1. The second-order valence-corrected chi connectivity index (χ2v) is 4.10. The highest BCUT2D eigenvalue weighted by molar-refractivity contribution is 5.92. The Bertz CT molecular complexity index is 656. The molecule has 2 aromatic rings. The molecule has 0 unspecified atom stereocenters. The number of carbonyl (C=O) groups is 1. The summed E-state index contributed by atoms with van der Waals surface area (Å²) in [4.78, 5) is 18.3. The van der Waals surface area contributed by atoms with Crippen LogP contribution in [0.3, 0.4) is 0 Å². The molecule has 0 fully saturated rings. The number of hydrogen-bond acceptors (Lipinski definition) is 3. The van der Waals surface area contributed by atoms with Crippen molar-refractivity contribution in [2.24, 2.45) is 0 Å². The Balaban J connectivity index is 2.17. The van der Waals surface area contributed by atoms with Crippen LogP contribution in [-0.2, 0) is 6.54 Å². The van der Waals surface area contributed by atoms with Crippen LogP contribution < -0.4 is 5.32 Å². The number of H-pyrrole nitrogens is 1. The molecule has 0 saturated heterocycles. The van der Waals surface area contributed by atoms with Crippen molar-refractivity contribution in [3.63, 3.8) is 0 Å². The number of nitrogens with one attached hydrogen (secondary N) is 2. The maximum absolute atomic E-state index is 10.9. The molecule has 0 atom stereocenters. The van der Waals surface area contributed by atoms with Gasteiger partial charge in [0.05, 0.1) is 23.1 Å². The Morgan fingerprint density at radius 3 is 3.05 bits per heavy atom. The minimum absolute atomic E-state index is 0.233. The zero-order valence-corrected chi connectivity index (χ0v) is 10.6. The molecule has 0 bridgehead atoms. The Labute approximate surface area is 110 Å². The van der Waals surface area contributed by atoms with Crippen molar-refractivity contribution < 1.29 is 9.90 Å². The number of nitrogens with zero attached hydrogens (tertiary/aromatic N) is 1. The van der Waals surface area contributed by atoms with Crippen molar-refractivity contribution in [3.05, 3.63) is 54.0 Å². The lowest BCUT2D eigenvalue weighted by Crippen LogP contribution is -2.11. The Morgan fingerprint density at radius 2 is 2.37 bits per heavy atom. The number of hydrogen-bond donors (Lipinski definition) is 3. The molecule has 5 nitrogen and oxygen atoms in total. The average Bonchev–Trinajstić information content (AvgIpc) is 2.78. The third kappa shape index (κ3) is 3.01. The summed E-state index contributed by atoms with van der Waals surface area (Å²) in [6, 6.07) is 4.83. The van der Waals surface area contributed by atoms with Gasteiger partial charge in [0.15, 0.2) is 0 Å². The molecule has 98 valence electrons. The number of benzene rings is 1. The van der Waals surface area contributed by atoms with Gasteiger partial charge in [-0.3, -0.25) is 0 Å². The summed E-state index contributed by atoms with van der Waals surface area (Å²) in [7, 11) is 0. The number of allylic oxidation sites excluding steroid dienone is 2. The van der Waals surface area contributed by atoms with E-state index in [-0.39, 0.29) is 5.56 Å². The highest BCUT2D eigenvalue weighted by Crippen LogP contribution is 2.14. The second-order valence-electron chi connectivity index (χ2n) is 4.10. The van der Waals surface area contributed by atoms with Crippen LogP contribution in [0.2, 0.25) is 0 Å². The van der Waals surface area contributed by atoms with Crippen LogP contribution in [0, 0.1) is 0 Å². The Kier molecular flexibility index (Phi) is 3.66. The average molecular weight is 257 g/mol. The topological polar surface area (TPSA) is 78.0 Å². The van der Waals surface area contributed by atoms with Crippen LogP contribution in [0.4, 0.5) is 0 Å².